The Morgan fingerprint density at radius 2 is 2.11 bits per heavy atom. The summed E-state index contributed by atoms with van der Waals surface area (Å²) in [4.78, 5) is 2.41. The minimum atomic E-state index is 0.325. The Labute approximate surface area is 111 Å². The number of anilines is 1. The second kappa shape index (κ2) is 5.31. The SMILES string of the molecule is CCC1(CN(C)c2ccc(C)cc2C)CCCN1. The van der Waals surface area contributed by atoms with Crippen molar-refractivity contribution in [2.24, 2.45) is 0 Å². The number of likely N-dealkylation sites (N-methyl/N-ethyl adjacent to an activating group) is 1. The molecule has 0 spiro atoms. The van der Waals surface area contributed by atoms with Gasteiger partial charge in [-0.05, 0) is 51.3 Å². The molecular formula is C16H26N2. The molecule has 1 N–H and O–H groups in total. The van der Waals surface area contributed by atoms with Crippen molar-refractivity contribution in [2.45, 2.75) is 45.6 Å². The smallest absolute Gasteiger partial charge is 0.0394 e. The molecule has 1 aromatic rings. The average Bonchev–Trinajstić information content (AvgIpc) is 2.78. The third kappa shape index (κ3) is 2.69. The first kappa shape index (κ1) is 13.4. The topological polar surface area (TPSA) is 15.3 Å². The lowest BCUT2D eigenvalue weighted by Crippen LogP contribution is -2.48. The van der Waals surface area contributed by atoms with Crippen LogP contribution in [0.25, 0.3) is 0 Å². The van der Waals surface area contributed by atoms with Crippen LogP contribution in [0.3, 0.4) is 0 Å². The van der Waals surface area contributed by atoms with Crippen molar-refractivity contribution < 1.29 is 0 Å². The molecule has 2 nitrogen and oxygen atoms in total. The number of nitrogens with zero attached hydrogens (tertiary/aromatic N) is 1. The standard InChI is InChI=1S/C16H26N2/c1-5-16(9-6-10-17-16)12-18(4)15-8-7-13(2)11-14(15)3/h7-8,11,17H,5-6,9-10,12H2,1-4H3. The number of benzene rings is 1. The summed E-state index contributed by atoms with van der Waals surface area (Å²) in [5.74, 6) is 0. The number of rotatable bonds is 4. The highest BCUT2D eigenvalue weighted by Gasteiger charge is 2.32. The number of aryl methyl sites for hydroxylation is 2. The van der Waals surface area contributed by atoms with E-state index in [2.05, 4.69) is 56.2 Å². The van der Waals surface area contributed by atoms with Crippen LogP contribution in [0, 0.1) is 13.8 Å². The molecule has 1 atom stereocenters. The monoisotopic (exact) mass is 246 g/mol. The quantitative estimate of drug-likeness (QED) is 0.877. The normalized spacial score (nSPS) is 23.3. The fraction of sp³-hybridized carbons (Fsp3) is 0.625. The number of hydrogen-bond acceptors (Lipinski definition) is 2. The Bertz CT molecular complexity index is 406. The first-order valence-electron chi connectivity index (χ1n) is 7.10. The largest absolute Gasteiger partial charge is 0.373 e. The number of hydrogen-bond donors (Lipinski definition) is 1. The lowest BCUT2D eigenvalue weighted by Gasteiger charge is -2.35. The van der Waals surface area contributed by atoms with E-state index in [0.717, 1.165) is 6.54 Å². The van der Waals surface area contributed by atoms with Gasteiger partial charge in [0.25, 0.3) is 0 Å². The highest BCUT2D eigenvalue weighted by Crippen LogP contribution is 2.27. The Kier molecular flexibility index (Phi) is 3.96. The maximum Gasteiger partial charge on any atom is 0.0394 e. The highest BCUT2D eigenvalue weighted by molar-refractivity contribution is 5.54. The molecule has 0 aromatic heterocycles. The first-order valence-corrected chi connectivity index (χ1v) is 7.10. The summed E-state index contributed by atoms with van der Waals surface area (Å²) in [6.07, 6.45) is 3.83. The van der Waals surface area contributed by atoms with Gasteiger partial charge >= 0.3 is 0 Å². The van der Waals surface area contributed by atoms with Crippen molar-refractivity contribution in [1.82, 2.24) is 5.32 Å². The van der Waals surface area contributed by atoms with Crippen LogP contribution in [-0.4, -0.2) is 25.7 Å². The van der Waals surface area contributed by atoms with E-state index in [-0.39, 0.29) is 0 Å². The van der Waals surface area contributed by atoms with Gasteiger partial charge in [-0.1, -0.05) is 24.6 Å². The number of nitrogens with one attached hydrogen (secondary N) is 1. The van der Waals surface area contributed by atoms with E-state index in [1.807, 2.05) is 0 Å². The van der Waals surface area contributed by atoms with Crippen molar-refractivity contribution in [3.8, 4) is 0 Å². The second-order valence-electron chi connectivity index (χ2n) is 5.81. The third-order valence-electron chi connectivity index (χ3n) is 4.31. The molecule has 0 saturated carbocycles. The van der Waals surface area contributed by atoms with E-state index in [1.165, 1.54) is 42.6 Å². The van der Waals surface area contributed by atoms with Gasteiger partial charge in [0.05, 0.1) is 0 Å². The van der Waals surface area contributed by atoms with Gasteiger partial charge in [0.2, 0.25) is 0 Å². The van der Waals surface area contributed by atoms with Crippen molar-refractivity contribution in [3.05, 3.63) is 29.3 Å². The summed E-state index contributed by atoms with van der Waals surface area (Å²) in [5, 5.41) is 3.71. The Balaban J connectivity index is 2.13. The van der Waals surface area contributed by atoms with Gasteiger partial charge in [0.15, 0.2) is 0 Å². The molecule has 1 aromatic carbocycles. The Hall–Kier alpha value is -1.02. The van der Waals surface area contributed by atoms with Crippen molar-refractivity contribution in [2.75, 3.05) is 25.0 Å². The van der Waals surface area contributed by atoms with Gasteiger partial charge < -0.3 is 10.2 Å². The summed E-state index contributed by atoms with van der Waals surface area (Å²) < 4.78 is 0. The van der Waals surface area contributed by atoms with Crippen LogP contribution in [0.2, 0.25) is 0 Å². The predicted octanol–water partition coefficient (Wildman–Crippen LogP) is 3.27. The molecular weight excluding hydrogens is 220 g/mol. The molecule has 1 fully saturated rings. The van der Waals surface area contributed by atoms with Gasteiger partial charge in [-0.2, -0.15) is 0 Å². The van der Waals surface area contributed by atoms with E-state index in [1.54, 1.807) is 0 Å². The van der Waals surface area contributed by atoms with Crippen LogP contribution in [0.4, 0.5) is 5.69 Å². The minimum absolute atomic E-state index is 0.325. The van der Waals surface area contributed by atoms with E-state index in [9.17, 15) is 0 Å². The van der Waals surface area contributed by atoms with Crippen LogP contribution >= 0.6 is 0 Å². The van der Waals surface area contributed by atoms with Crippen LogP contribution < -0.4 is 10.2 Å². The van der Waals surface area contributed by atoms with E-state index in [4.69, 9.17) is 0 Å². The first-order chi connectivity index (χ1) is 8.56. The summed E-state index contributed by atoms with van der Waals surface area (Å²) in [6, 6.07) is 6.73. The zero-order valence-corrected chi connectivity index (χ0v) is 12.2. The molecule has 0 aliphatic carbocycles. The zero-order valence-electron chi connectivity index (χ0n) is 12.2. The molecule has 0 radical (unpaired) electrons. The zero-order chi connectivity index (χ0) is 13.2. The molecule has 100 valence electrons. The summed E-state index contributed by atoms with van der Waals surface area (Å²) in [7, 11) is 2.22. The lowest BCUT2D eigenvalue weighted by molar-refractivity contribution is 0.367. The molecule has 0 amide bonds. The molecule has 1 aliphatic heterocycles. The second-order valence-corrected chi connectivity index (χ2v) is 5.81. The maximum atomic E-state index is 3.71. The van der Waals surface area contributed by atoms with Gasteiger partial charge in [-0.15, -0.1) is 0 Å². The van der Waals surface area contributed by atoms with Crippen LogP contribution in [0.1, 0.15) is 37.3 Å². The van der Waals surface area contributed by atoms with Gasteiger partial charge in [-0.3, -0.25) is 0 Å². The summed E-state index contributed by atoms with van der Waals surface area (Å²) in [6.45, 7) is 8.94. The van der Waals surface area contributed by atoms with Gasteiger partial charge in [-0.25, -0.2) is 0 Å². The van der Waals surface area contributed by atoms with E-state index in [0.29, 0.717) is 5.54 Å². The van der Waals surface area contributed by atoms with Crippen LogP contribution in [0.15, 0.2) is 18.2 Å². The van der Waals surface area contributed by atoms with Crippen LogP contribution in [-0.2, 0) is 0 Å². The third-order valence-corrected chi connectivity index (χ3v) is 4.31. The molecule has 1 heterocycles. The molecule has 18 heavy (non-hydrogen) atoms. The molecule has 0 bridgehead atoms. The van der Waals surface area contributed by atoms with Gasteiger partial charge in [0, 0.05) is 24.8 Å². The van der Waals surface area contributed by atoms with E-state index < -0.39 is 0 Å². The summed E-state index contributed by atoms with van der Waals surface area (Å²) >= 11 is 0. The average molecular weight is 246 g/mol. The molecule has 2 heteroatoms. The minimum Gasteiger partial charge on any atom is -0.373 e. The van der Waals surface area contributed by atoms with Crippen molar-refractivity contribution in [3.63, 3.8) is 0 Å². The lowest BCUT2D eigenvalue weighted by atomic mass is 9.93. The molecule has 1 aliphatic rings. The van der Waals surface area contributed by atoms with E-state index >= 15 is 0 Å². The summed E-state index contributed by atoms with van der Waals surface area (Å²) in [5.41, 5.74) is 4.41. The Morgan fingerprint density at radius 3 is 2.67 bits per heavy atom. The molecule has 2 rings (SSSR count). The van der Waals surface area contributed by atoms with Crippen molar-refractivity contribution >= 4 is 5.69 Å². The van der Waals surface area contributed by atoms with Crippen LogP contribution in [0.5, 0.6) is 0 Å². The molecule has 1 saturated heterocycles. The molecule has 1 unspecified atom stereocenters. The maximum absolute atomic E-state index is 3.71. The highest BCUT2D eigenvalue weighted by atomic mass is 15.2. The van der Waals surface area contributed by atoms with Crippen molar-refractivity contribution in [1.29, 1.82) is 0 Å². The predicted molar refractivity (Wildman–Crippen MR) is 79.4 cm³/mol. The van der Waals surface area contributed by atoms with Gasteiger partial charge in [0.1, 0.15) is 0 Å². The Morgan fingerprint density at radius 1 is 1.33 bits per heavy atom. The fourth-order valence-electron chi connectivity index (χ4n) is 3.19. The fourth-order valence-corrected chi connectivity index (χ4v) is 3.19.